The molecule has 0 radical (unpaired) electrons. The smallest absolute Gasteiger partial charge is 0.0923 e. The number of pyridine rings is 1. The topological polar surface area (TPSA) is 50.9 Å². The molecule has 3 rings (SSSR count). The number of aliphatic hydroxyl groups excluding tert-OH is 1. The molecule has 0 atom stereocenters. The lowest BCUT2D eigenvalue weighted by molar-refractivity contribution is 0.277. The fourth-order valence-corrected chi connectivity index (χ4v) is 2.53. The van der Waals surface area contributed by atoms with Crippen LogP contribution in [-0.2, 0) is 6.54 Å². The molecule has 0 aliphatic carbocycles. The van der Waals surface area contributed by atoms with E-state index in [0.29, 0.717) is 18.0 Å². The number of rotatable bonds is 5. The van der Waals surface area contributed by atoms with E-state index in [-0.39, 0.29) is 6.61 Å². The number of hydrogen-bond acceptors (Lipinski definition) is 3. The van der Waals surface area contributed by atoms with Crippen LogP contribution >= 0.6 is 11.6 Å². The Hall–Kier alpha value is -2.17. The van der Waals surface area contributed by atoms with Crippen molar-refractivity contribution in [2.45, 2.75) is 13.0 Å². The Morgan fingerprint density at radius 2 is 1.95 bits per heavy atom. The predicted molar refractivity (Wildman–Crippen MR) is 87.6 cm³/mol. The number of halogens is 1. The number of benzene rings is 1. The molecule has 1 aromatic carbocycles. The van der Waals surface area contributed by atoms with Crippen LogP contribution in [0.3, 0.4) is 0 Å². The molecule has 3 aromatic rings. The second kappa shape index (κ2) is 6.73. The van der Waals surface area contributed by atoms with Crippen molar-refractivity contribution in [3.05, 3.63) is 59.9 Å². The molecule has 1 N–H and O–H groups in total. The Morgan fingerprint density at radius 1 is 1.09 bits per heavy atom. The van der Waals surface area contributed by atoms with Crippen molar-refractivity contribution in [2.24, 2.45) is 0 Å². The van der Waals surface area contributed by atoms with Crippen LogP contribution in [0.1, 0.15) is 6.42 Å². The summed E-state index contributed by atoms with van der Waals surface area (Å²) in [7, 11) is 0. The zero-order valence-corrected chi connectivity index (χ0v) is 12.7. The molecule has 22 heavy (non-hydrogen) atoms. The van der Waals surface area contributed by atoms with Gasteiger partial charge in [0.25, 0.3) is 0 Å². The fraction of sp³-hybridized carbons (Fsp3) is 0.176. The Balaban J connectivity index is 1.91. The van der Waals surface area contributed by atoms with Gasteiger partial charge >= 0.3 is 0 Å². The highest BCUT2D eigenvalue weighted by molar-refractivity contribution is 6.33. The Morgan fingerprint density at radius 3 is 2.77 bits per heavy atom. The van der Waals surface area contributed by atoms with Crippen LogP contribution < -0.4 is 0 Å². The van der Waals surface area contributed by atoms with E-state index in [9.17, 15) is 0 Å². The minimum absolute atomic E-state index is 0.169. The molecule has 2 aromatic heterocycles. The molecule has 0 bridgehead atoms. The number of nitrogens with zero attached hydrogens (tertiary/aromatic N) is 3. The van der Waals surface area contributed by atoms with Crippen LogP contribution in [-0.4, -0.2) is 26.5 Å². The maximum Gasteiger partial charge on any atom is 0.0923 e. The summed E-state index contributed by atoms with van der Waals surface area (Å²) in [5, 5.41) is 14.0. The van der Waals surface area contributed by atoms with Gasteiger partial charge in [-0.05, 0) is 30.7 Å². The predicted octanol–water partition coefficient (Wildman–Crippen LogP) is 3.65. The minimum atomic E-state index is 0.169. The van der Waals surface area contributed by atoms with Crippen molar-refractivity contribution in [3.8, 4) is 22.5 Å². The molecule has 0 aliphatic heterocycles. The standard InChI is InChI=1S/C17H16ClN3O/c18-15-6-2-8-19-17(15)14-5-1-4-13(12-14)16-7-10-21(20-16)9-3-11-22/h1-2,4-8,10,12,22H,3,9,11H2. The van der Waals surface area contributed by atoms with Crippen LogP contribution in [0.15, 0.2) is 54.9 Å². The molecule has 0 unspecified atom stereocenters. The zero-order valence-electron chi connectivity index (χ0n) is 12.0. The van der Waals surface area contributed by atoms with Gasteiger partial charge in [-0.1, -0.05) is 29.8 Å². The van der Waals surface area contributed by atoms with Crippen molar-refractivity contribution < 1.29 is 5.11 Å². The average molecular weight is 314 g/mol. The second-order valence-corrected chi connectivity index (χ2v) is 5.36. The first kappa shape index (κ1) is 14.8. The molecule has 0 aliphatic rings. The van der Waals surface area contributed by atoms with Crippen molar-refractivity contribution in [1.29, 1.82) is 0 Å². The Labute approximate surface area is 134 Å². The third-order valence-corrected chi connectivity index (χ3v) is 3.68. The van der Waals surface area contributed by atoms with Gasteiger partial charge in [-0.15, -0.1) is 0 Å². The Bertz CT molecular complexity index is 770. The summed E-state index contributed by atoms with van der Waals surface area (Å²) in [5.74, 6) is 0. The molecule has 5 heteroatoms. The molecule has 2 heterocycles. The van der Waals surface area contributed by atoms with Gasteiger partial charge in [-0.25, -0.2) is 0 Å². The average Bonchev–Trinajstić information content (AvgIpc) is 3.02. The third kappa shape index (κ3) is 3.18. The summed E-state index contributed by atoms with van der Waals surface area (Å²) in [5.41, 5.74) is 3.65. The van der Waals surface area contributed by atoms with Gasteiger partial charge in [0.05, 0.1) is 16.4 Å². The van der Waals surface area contributed by atoms with E-state index in [1.54, 1.807) is 6.20 Å². The summed E-state index contributed by atoms with van der Waals surface area (Å²) in [6, 6.07) is 13.6. The van der Waals surface area contributed by atoms with Crippen LogP contribution in [0, 0.1) is 0 Å². The highest BCUT2D eigenvalue weighted by atomic mass is 35.5. The van der Waals surface area contributed by atoms with Gasteiger partial charge in [-0.2, -0.15) is 5.10 Å². The lowest BCUT2D eigenvalue weighted by Gasteiger charge is -2.05. The van der Waals surface area contributed by atoms with Gasteiger partial charge in [0.2, 0.25) is 0 Å². The quantitative estimate of drug-likeness (QED) is 0.782. The molecule has 0 saturated carbocycles. The number of hydrogen-bond donors (Lipinski definition) is 1. The number of aromatic nitrogens is 3. The van der Waals surface area contributed by atoms with Crippen LogP contribution in [0.5, 0.6) is 0 Å². The van der Waals surface area contributed by atoms with Gasteiger partial charge in [0.15, 0.2) is 0 Å². The molecule has 112 valence electrons. The lowest BCUT2D eigenvalue weighted by atomic mass is 10.1. The molecule has 0 spiro atoms. The minimum Gasteiger partial charge on any atom is -0.396 e. The highest BCUT2D eigenvalue weighted by Crippen LogP contribution is 2.28. The maximum absolute atomic E-state index is 8.88. The first-order valence-corrected chi connectivity index (χ1v) is 7.51. The van der Waals surface area contributed by atoms with Gasteiger partial charge < -0.3 is 5.11 Å². The van der Waals surface area contributed by atoms with Crippen LogP contribution in [0.25, 0.3) is 22.5 Å². The van der Waals surface area contributed by atoms with Gasteiger partial charge in [0.1, 0.15) is 0 Å². The summed E-state index contributed by atoms with van der Waals surface area (Å²) < 4.78 is 1.84. The SMILES string of the molecule is OCCCn1ccc(-c2cccc(-c3ncccc3Cl)c2)n1. The summed E-state index contributed by atoms with van der Waals surface area (Å²) in [4.78, 5) is 4.34. The molecule has 0 fully saturated rings. The van der Waals surface area contributed by atoms with Crippen molar-refractivity contribution >= 4 is 11.6 Å². The van der Waals surface area contributed by atoms with Crippen molar-refractivity contribution in [2.75, 3.05) is 6.61 Å². The van der Waals surface area contributed by atoms with E-state index in [1.165, 1.54) is 0 Å². The normalized spacial score (nSPS) is 10.8. The molecule has 0 amide bonds. The van der Waals surface area contributed by atoms with Gasteiger partial charge in [0, 0.05) is 36.7 Å². The van der Waals surface area contributed by atoms with E-state index in [2.05, 4.69) is 10.1 Å². The van der Waals surface area contributed by atoms with E-state index >= 15 is 0 Å². The third-order valence-electron chi connectivity index (χ3n) is 3.38. The number of aliphatic hydroxyl groups is 1. The van der Waals surface area contributed by atoms with Crippen molar-refractivity contribution in [3.63, 3.8) is 0 Å². The fourth-order valence-electron chi connectivity index (χ4n) is 2.30. The molecular formula is C17H16ClN3O. The van der Waals surface area contributed by atoms with Gasteiger partial charge in [-0.3, -0.25) is 9.67 Å². The summed E-state index contributed by atoms with van der Waals surface area (Å²) in [6.07, 6.45) is 4.35. The monoisotopic (exact) mass is 313 g/mol. The van der Waals surface area contributed by atoms with E-state index in [0.717, 1.165) is 22.5 Å². The molecular weight excluding hydrogens is 298 g/mol. The highest BCUT2D eigenvalue weighted by Gasteiger charge is 2.07. The van der Waals surface area contributed by atoms with Crippen LogP contribution in [0.2, 0.25) is 5.02 Å². The summed E-state index contributed by atoms with van der Waals surface area (Å²) in [6.45, 7) is 0.880. The first-order valence-electron chi connectivity index (χ1n) is 7.13. The van der Waals surface area contributed by atoms with E-state index in [1.807, 2.05) is 53.3 Å². The Kier molecular flexibility index (Phi) is 4.51. The second-order valence-electron chi connectivity index (χ2n) is 4.96. The maximum atomic E-state index is 8.88. The first-order chi connectivity index (χ1) is 10.8. The zero-order chi connectivity index (χ0) is 15.4. The number of aryl methyl sites for hydroxylation is 1. The summed E-state index contributed by atoms with van der Waals surface area (Å²) >= 11 is 6.21. The van der Waals surface area contributed by atoms with E-state index < -0.39 is 0 Å². The molecule has 0 saturated heterocycles. The van der Waals surface area contributed by atoms with Crippen molar-refractivity contribution in [1.82, 2.24) is 14.8 Å². The van der Waals surface area contributed by atoms with E-state index in [4.69, 9.17) is 16.7 Å². The lowest BCUT2D eigenvalue weighted by Crippen LogP contribution is -2.00. The molecule has 4 nitrogen and oxygen atoms in total. The van der Waals surface area contributed by atoms with Crippen LogP contribution in [0.4, 0.5) is 0 Å². The largest absolute Gasteiger partial charge is 0.396 e.